The average Bonchev–Trinajstić information content (AvgIpc) is 2.44. The molecule has 0 saturated heterocycles. The summed E-state index contributed by atoms with van der Waals surface area (Å²) in [6.07, 6.45) is 0. The van der Waals surface area contributed by atoms with Crippen LogP contribution in [0.3, 0.4) is 0 Å². The van der Waals surface area contributed by atoms with Crippen LogP contribution in [0.15, 0.2) is 18.2 Å². The molecule has 2 N–H and O–H groups in total. The third-order valence-electron chi connectivity index (χ3n) is 2.69. The van der Waals surface area contributed by atoms with Crippen molar-refractivity contribution in [3.8, 4) is 11.8 Å². The number of halogens is 1. The van der Waals surface area contributed by atoms with Gasteiger partial charge < -0.3 is 15.3 Å². The molecule has 0 bridgehead atoms. The lowest BCUT2D eigenvalue weighted by Crippen LogP contribution is -2.44. The predicted molar refractivity (Wildman–Crippen MR) is 81.0 cm³/mol. The quantitative estimate of drug-likeness (QED) is 0.815. The Kier molecular flexibility index (Phi) is 6.22. The molecule has 1 rings (SSSR count). The zero-order valence-electron chi connectivity index (χ0n) is 12.1. The normalized spacial score (nSPS) is 11.1. The fourth-order valence-electron chi connectivity index (χ4n) is 1.62. The Morgan fingerprint density at radius 2 is 2.10 bits per heavy atom. The number of aliphatic hydroxyl groups excluding tert-OH is 1. The van der Waals surface area contributed by atoms with Crippen molar-refractivity contribution >= 4 is 23.4 Å². The SMILES string of the molecule is CC(NC(=O)c1ccc(C#CCO)c(Cl)c1)C(=O)N(C)C. The molecule has 0 aromatic heterocycles. The molecule has 112 valence electrons. The molecule has 1 atom stereocenters. The number of rotatable bonds is 3. The second kappa shape index (κ2) is 7.67. The zero-order chi connectivity index (χ0) is 16.0. The molecule has 1 unspecified atom stereocenters. The zero-order valence-corrected chi connectivity index (χ0v) is 12.9. The predicted octanol–water partition coefficient (Wildman–Crippen LogP) is 0.890. The van der Waals surface area contributed by atoms with Crippen LogP contribution in [0.5, 0.6) is 0 Å². The van der Waals surface area contributed by atoms with Gasteiger partial charge in [-0.15, -0.1) is 0 Å². The summed E-state index contributed by atoms with van der Waals surface area (Å²) in [5, 5.41) is 11.6. The Bertz CT molecular complexity index is 603. The van der Waals surface area contributed by atoms with Crippen LogP contribution in [0.2, 0.25) is 5.02 Å². The molecule has 0 aliphatic carbocycles. The van der Waals surface area contributed by atoms with E-state index in [0.717, 1.165) is 0 Å². The summed E-state index contributed by atoms with van der Waals surface area (Å²) >= 11 is 6.02. The van der Waals surface area contributed by atoms with E-state index >= 15 is 0 Å². The first-order valence-electron chi connectivity index (χ1n) is 6.28. The number of carbonyl (C=O) groups excluding carboxylic acids is 2. The molecule has 1 aromatic carbocycles. The number of carbonyl (C=O) groups is 2. The first-order chi connectivity index (χ1) is 9.86. The molecular weight excluding hydrogens is 292 g/mol. The summed E-state index contributed by atoms with van der Waals surface area (Å²) in [4.78, 5) is 25.1. The Labute approximate surface area is 128 Å². The summed E-state index contributed by atoms with van der Waals surface area (Å²) in [6.45, 7) is 1.35. The van der Waals surface area contributed by atoms with Gasteiger partial charge in [-0.3, -0.25) is 9.59 Å². The van der Waals surface area contributed by atoms with Gasteiger partial charge in [0.05, 0.1) is 5.02 Å². The molecule has 0 saturated carbocycles. The molecule has 0 radical (unpaired) electrons. The first-order valence-corrected chi connectivity index (χ1v) is 6.66. The van der Waals surface area contributed by atoms with E-state index in [1.807, 2.05) is 0 Å². The summed E-state index contributed by atoms with van der Waals surface area (Å²) in [5.74, 6) is 4.58. The summed E-state index contributed by atoms with van der Waals surface area (Å²) in [5.41, 5.74) is 0.868. The van der Waals surface area contributed by atoms with Crippen molar-refractivity contribution in [2.45, 2.75) is 13.0 Å². The standard InChI is InChI=1S/C15H17ClN2O3/c1-10(15(21)18(2)3)17-14(20)12-7-6-11(5-4-8-19)13(16)9-12/h6-7,9-10,19H,8H2,1-3H3,(H,17,20). The van der Waals surface area contributed by atoms with Crippen LogP contribution < -0.4 is 5.32 Å². The topological polar surface area (TPSA) is 69.6 Å². The molecule has 0 spiro atoms. The monoisotopic (exact) mass is 308 g/mol. The van der Waals surface area contributed by atoms with Gasteiger partial charge in [0.2, 0.25) is 5.91 Å². The number of nitrogens with zero attached hydrogens (tertiary/aromatic N) is 1. The number of amides is 2. The minimum Gasteiger partial charge on any atom is -0.384 e. The van der Waals surface area contributed by atoms with Crippen LogP contribution in [0, 0.1) is 11.8 Å². The Morgan fingerprint density at radius 1 is 1.43 bits per heavy atom. The second-order valence-electron chi connectivity index (χ2n) is 4.58. The van der Waals surface area contributed by atoms with Crippen LogP contribution in [0.25, 0.3) is 0 Å². The molecular formula is C15H17ClN2O3. The van der Waals surface area contributed by atoms with E-state index in [4.69, 9.17) is 16.7 Å². The van der Waals surface area contributed by atoms with Crippen molar-refractivity contribution in [1.82, 2.24) is 10.2 Å². The Balaban J connectivity index is 2.84. The van der Waals surface area contributed by atoms with Gasteiger partial charge in [0, 0.05) is 25.2 Å². The van der Waals surface area contributed by atoms with Crippen LogP contribution in [-0.4, -0.2) is 48.6 Å². The number of hydrogen-bond acceptors (Lipinski definition) is 3. The molecule has 1 aromatic rings. The van der Waals surface area contributed by atoms with E-state index in [-0.39, 0.29) is 18.4 Å². The maximum absolute atomic E-state index is 12.0. The fraction of sp³-hybridized carbons (Fsp3) is 0.333. The molecule has 21 heavy (non-hydrogen) atoms. The maximum atomic E-state index is 12.0. The minimum atomic E-state index is -0.625. The van der Waals surface area contributed by atoms with Crippen LogP contribution >= 0.6 is 11.6 Å². The number of benzene rings is 1. The van der Waals surface area contributed by atoms with Crippen molar-refractivity contribution in [2.75, 3.05) is 20.7 Å². The van der Waals surface area contributed by atoms with Gasteiger partial charge in [0.25, 0.3) is 5.91 Å². The van der Waals surface area contributed by atoms with E-state index in [0.29, 0.717) is 16.1 Å². The molecule has 2 amide bonds. The molecule has 0 aliphatic rings. The van der Waals surface area contributed by atoms with Crippen molar-refractivity contribution in [1.29, 1.82) is 0 Å². The lowest BCUT2D eigenvalue weighted by atomic mass is 10.1. The summed E-state index contributed by atoms with van der Waals surface area (Å²) < 4.78 is 0. The van der Waals surface area contributed by atoms with Gasteiger partial charge in [-0.05, 0) is 25.1 Å². The number of nitrogens with one attached hydrogen (secondary N) is 1. The third-order valence-corrected chi connectivity index (χ3v) is 3.00. The lowest BCUT2D eigenvalue weighted by Gasteiger charge is -2.18. The third kappa shape index (κ3) is 4.78. The molecule has 0 fully saturated rings. The van der Waals surface area contributed by atoms with Gasteiger partial charge in [-0.1, -0.05) is 23.4 Å². The van der Waals surface area contributed by atoms with E-state index in [1.165, 1.54) is 11.0 Å². The number of hydrogen-bond donors (Lipinski definition) is 2. The van der Waals surface area contributed by atoms with Gasteiger partial charge in [0.1, 0.15) is 12.6 Å². The highest BCUT2D eigenvalue weighted by molar-refractivity contribution is 6.32. The highest BCUT2D eigenvalue weighted by Gasteiger charge is 2.18. The number of aliphatic hydroxyl groups is 1. The van der Waals surface area contributed by atoms with Crippen molar-refractivity contribution < 1.29 is 14.7 Å². The highest BCUT2D eigenvalue weighted by Crippen LogP contribution is 2.17. The van der Waals surface area contributed by atoms with Crippen LogP contribution in [0.4, 0.5) is 0 Å². The summed E-state index contributed by atoms with van der Waals surface area (Å²) in [6, 6.07) is 4.01. The summed E-state index contributed by atoms with van der Waals surface area (Å²) in [7, 11) is 3.24. The van der Waals surface area contributed by atoms with Gasteiger partial charge >= 0.3 is 0 Å². The van der Waals surface area contributed by atoms with Gasteiger partial charge in [0.15, 0.2) is 0 Å². The molecule has 6 heteroatoms. The average molecular weight is 309 g/mol. The van der Waals surface area contributed by atoms with Crippen molar-refractivity contribution in [2.24, 2.45) is 0 Å². The van der Waals surface area contributed by atoms with E-state index in [1.54, 1.807) is 33.2 Å². The van der Waals surface area contributed by atoms with E-state index < -0.39 is 6.04 Å². The van der Waals surface area contributed by atoms with Crippen LogP contribution in [-0.2, 0) is 4.79 Å². The Hall–Kier alpha value is -2.03. The minimum absolute atomic E-state index is 0.195. The largest absolute Gasteiger partial charge is 0.384 e. The van der Waals surface area contributed by atoms with Crippen molar-refractivity contribution in [3.05, 3.63) is 34.3 Å². The van der Waals surface area contributed by atoms with Gasteiger partial charge in [-0.25, -0.2) is 0 Å². The number of likely N-dealkylation sites (N-methyl/N-ethyl adjacent to an activating group) is 1. The molecule has 0 aliphatic heterocycles. The highest BCUT2D eigenvalue weighted by atomic mass is 35.5. The maximum Gasteiger partial charge on any atom is 0.251 e. The fourth-order valence-corrected chi connectivity index (χ4v) is 1.85. The molecule has 5 nitrogen and oxygen atoms in total. The first kappa shape index (κ1) is 17.0. The van der Waals surface area contributed by atoms with Gasteiger partial charge in [-0.2, -0.15) is 0 Å². The molecule has 0 heterocycles. The van der Waals surface area contributed by atoms with E-state index in [2.05, 4.69) is 17.2 Å². The van der Waals surface area contributed by atoms with Crippen LogP contribution in [0.1, 0.15) is 22.8 Å². The smallest absolute Gasteiger partial charge is 0.251 e. The Morgan fingerprint density at radius 3 is 2.62 bits per heavy atom. The lowest BCUT2D eigenvalue weighted by molar-refractivity contribution is -0.130. The van der Waals surface area contributed by atoms with Crippen molar-refractivity contribution in [3.63, 3.8) is 0 Å². The second-order valence-corrected chi connectivity index (χ2v) is 4.99. The van der Waals surface area contributed by atoms with E-state index in [9.17, 15) is 9.59 Å².